The molecule has 0 aliphatic heterocycles. The fraction of sp³-hybridized carbons (Fsp3) is 0.571. The lowest BCUT2D eigenvalue weighted by Crippen LogP contribution is -1.83. The summed E-state index contributed by atoms with van der Waals surface area (Å²) in [6, 6.07) is 0. The molecule has 0 saturated heterocycles. The third-order valence-electron chi connectivity index (χ3n) is 1.93. The molecule has 0 spiro atoms. The highest BCUT2D eigenvalue weighted by atomic mass is 16.5. The molecule has 2 rings (SSSR count). The summed E-state index contributed by atoms with van der Waals surface area (Å²) >= 11 is 0. The molecule has 0 amide bonds. The molecule has 0 N–H and O–H groups in total. The van der Waals surface area contributed by atoms with Gasteiger partial charge in [0.1, 0.15) is 5.76 Å². The van der Waals surface area contributed by atoms with Crippen molar-refractivity contribution in [2.45, 2.75) is 25.3 Å². The largest absolute Gasteiger partial charge is 0.361 e. The molecule has 62 valence electrons. The van der Waals surface area contributed by atoms with Gasteiger partial charge in [-0.25, -0.2) is 0 Å². The van der Waals surface area contributed by atoms with E-state index in [0.717, 1.165) is 11.3 Å². The van der Waals surface area contributed by atoms with Crippen LogP contribution in [0.4, 0.5) is 0 Å². The van der Waals surface area contributed by atoms with Gasteiger partial charge in [0.05, 0.1) is 12.7 Å². The molecule has 0 atom stereocenters. The summed E-state index contributed by atoms with van der Waals surface area (Å²) < 4.78 is 5.05. The van der Waals surface area contributed by atoms with E-state index < -0.39 is 0 Å². The first-order valence-corrected chi connectivity index (χ1v) is 3.86. The maximum absolute atomic E-state index is 8.12. The highest BCUT2D eigenvalue weighted by Crippen LogP contribution is 2.41. The highest BCUT2D eigenvalue weighted by molar-refractivity contribution is 5.21. The molecule has 1 aliphatic carbocycles. The SMILES string of the molecule is [N-]=[N+]=NCc1cnoc1C1CC1. The predicted octanol–water partition coefficient (Wildman–Crippen LogP) is 2.36. The number of aromatic nitrogens is 1. The van der Waals surface area contributed by atoms with Crippen LogP contribution in [0.25, 0.3) is 10.4 Å². The predicted molar refractivity (Wildman–Crippen MR) is 41.3 cm³/mol. The van der Waals surface area contributed by atoms with Crippen molar-refractivity contribution in [2.75, 3.05) is 0 Å². The van der Waals surface area contributed by atoms with Gasteiger partial charge in [-0.05, 0) is 18.4 Å². The van der Waals surface area contributed by atoms with Crippen molar-refractivity contribution in [3.05, 3.63) is 28.0 Å². The smallest absolute Gasteiger partial charge is 0.143 e. The zero-order valence-electron chi connectivity index (χ0n) is 6.47. The summed E-state index contributed by atoms with van der Waals surface area (Å²) in [7, 11) is 0. The van der Waals surface area contributed by atoms with Crippen molar-refractivity contribution >= 4 is 0 Å². The van der Waals surface area contributed by atoms with Crippen LogP contribution in [0.1, 0.15) is 30.1 Å². The fourth-order valence-electron chi connectivity index (χ4n) is 1.18. The maximum Gasteiger partial charge on any atom is 0.143 e. The topological polar surface area (TPSA) is 74.8 Å². The minimum Gasteiger partial charge on any atom is -0.361 e. The van der Waals surface area contributed by atoms with Crippen molar-refractivity contribution in [1.82, 2.24) is 5.16 Å². The molecule has 5 nitrogen and oxygen atoms in total. The van der Waals surface area contributed by atoms with Gasteiger partial charge in [0, 0.05) is 16.4 Å². The summed E-state index contributed by atoms with van der Waals surface area (Å²) in [5.41, 5.74) is 9.04. The molecule has 1 aromatic heterocycles. The zero-order chi connectivity index (χ0) is 8.39. The number of azide groups is 1. The fourth-order valence-corrected chi connectivity index (χ4v) is 1.18. The lowest BCUT2D eigenvalue weighted by Gasteiger charge is -1.91. The van der Waals surface area contributed by atoms with E-state index in [4.69, 9.17) is 10.1 Å². The Hall–Kier alpha value is -1.48. The van der Waals surface area contributed by atoms with Gasteiger partial charge in [0.2, 0.25) is 0 Å². The standard InChI is InChI=1S/C7H8N4O/c8-11-9-3-6-4-10-12-7(6)5-1-2-5/h4-5H,1-3H2. The summed E-state index contributed by atoms with van der Waals surface area (Å²) in [5.74, 6) is 1.43. The molecule has 1 saturated carbocycles. The Bertz CT molecular complexity index is 322. The van der Waals surface area contributed by atoms with Gasteiger partial charge in [0.15, 0.2) is 0 Å². The summed E-state index contributed by atoms with van der Waals surface area (Å²) in [6.45, 7) is 0.353. The monoisotopic (exact) mass is 164 g/mol. The molecule has 0 bridgehead atoms. The van der Waals surface area contributed by atoms with Crippen LogP contribution in [0.15, 0.2) is 15.8 Å². The van der Waals surface area contributed by atoms with E-state index in [9.17, 15) is 0 Å². The molecule has 1 aromatic rings. The van der Waals surface area contributed by atoms with Crippen LogP contribution in [0.3, 0.4) is 0 Å². The summed E-state index contributed by atoms with van der Waals surface area (Å²) in [6.07, 6.45) is 3.96. The Morgan fingerprint density at radius 3 is 3.25 bits per heavy atom. The summed E-state index contributed by atoms with van der Waals surface area (Å²) in [4.78, 5) is 2.69. The Morgan fingerprint density at radius 2 is 2.58 bits per heavy atom. The summed E-state index contributed by atoms with van der Waals surface area (Å²) in [5, 5.41) is 7.14. The van der Waals surface area contributed by atoms with Gasteiger partial charge >= 0.3 is 0 Å². The third-order valence-corrected chi connectivity index (χ3v) is 1.93. The Balaban J connectivity index is 2.17. The molecule has 0 aromatic carbocycles. The average molecular weight is 164 g/mol. The molecule has 0 unspecified atom stereocenters. The molecule has 1 aliphatic rings. The molecule has 5 heteroatoms. The van der Waals surface area contributed by atoms with Gasteiger partial charge < -0.3 is 4.52 Å². The first-order valence-electron chi connectivity index (χ1n) is 3.86. The third kappa shape index (κ3) is 1.26. The molecule has 0 radical (unpaired) electrons. The molecule has 1 heterocycles. The van der Waals surface area contributed by atoms with Gasteiger partial charge in [-0.15, -0.1) is 0 Å². The number of hydrogen-bond acceptors (Lipinski definition) is 3. The number of rotatable bonds is 3. The van der Waals surface area contributed by atoms with Gasteiger partial charge in [-0.3, -0.25) is 0 Å². The van der Waals surface area contributed by atoms with Crippen LogP contribution in [0.2, 0.25) is 0 Å². The van der Waals surface area contributed by atoms with Crippen molar-refractivity contribution in [3.8, 4) is 0 Å². The van der Waals surface area contributed by atoms with Crippen LogP contribution in [0, 0.1) is 0 Å². The Morgan fingerprint density at radius 1 is 1.75 bits per heavy atom. The van der Waals surface area contributed by atoms with Crippen LogP contribution in [0.5, 0.6) is 0 Å². The Kier molecular flexibility index (Phi) is 1.72. The van der Waals surface area contributed by atoms with E-state index in [1.807, 2.05) is 0 Å². The van der Waals surface area contributed by atoms with E-state index in [1.54, 1.807) is 6.20 Å². The van der Waals surface area contributed by atoms with Crippen molar-refractivity contribution in [3.63, 3.8) is 0 Å². The quantitative estimate of drug-likeness (QED) is 0.390. The Labute approximate surface area is 69.0 Å². The molecular weight excluding hydrogens is 156 g/mol. The highest BCUT2D eigenvalue weighted by Gasteiger charge is 2.29. The van der Waals surface area contributed by atoms with E-state index in [-0.39, 0.29) is 0 Å². The normalized spacial score (nSPS) is 15.7. The second-order valence-electron chi connectivity index (χ2n) is 2.88. The second kappa shape index (κ2) is 2.87. The van der Waals surface area contributed by atoms with E-state index in [0.29, 0.717) is 12.5 Å². The lowest BCUT2D eigenvalue weighted by molar-refractivity contribution is 0.383. The van der Waals surface area contributed by atoms with Crippen LogP contribution >= 0.6 is 0 Å². The van der Waals surface area contributed by atoms with E-state index in [1.165, 1.54) is 12.8 Å². The molecule has 1 fully saturated rings. The minimum atomic E-state index is 0.353. The van der Waals surface area contributed by atoms with Crippen molar-refractivity contribution in [1.29, 1.82) is 0 Å². The minimum absolute atomic E-state index is 0.353. The van der Waals surface area contributed by atoms with Crippen LogP contribution < -0.4 is 0 Å². The maximum atomic E-state index is 8.12. The van der Waals surface area contributed by atoms with Crippen molar-refractivity contribution in [2.24, 2.45) is 5.11 Å². The first kappa shape index (κ1) is 7.18. The van der Waals surface area contributed by atoms with Crippen LogP contribution in [-0.2, 0) is 6.54 Å². The lowest BCUT2D eigenvalue weighted by atomic mass is 10.2. The second-order valence-corrected chi connectivity index (χ2v) is 2.88. The average Bonchev–Trinajstić information content (AvgIpc) is 2.83. The zero-order valence-corrected chi connectivity index (χ0v) is 6.47. The van der Waals surface area contributed by atoms with Gasteiger partial charge in [-0.1, -0.05) is 10.3 Å². The van der Waals surface area contributed by atoms with Crippen molar-refractivity contribution < 1.29 is 4.52 Å². The molecular formula is C7H8N4O. The first-order chi connectivity index (χ1) is 5.92. The van der Waals surface area contributed by atoms with Crippen LogP contribution in [-0.4, -0.2) is 5.16 Å². The van der Waals surface area contributed by atoms with E-state index >= 15 is 0 Å². The van der Waals surface area contributed by atoms with E-state index in [2.05, 4.69) is 15.2 Å². The van der Waals surface area contributed by atoms with Gasteiger partial charge in [-0.2, -0.15) is 0 Å². The molecule has 12 heavy (non-hydrogen) atoms. The number of nitrogens with zero attached hydrogens (tertiary/aromatic N) is 4. The number of hydrogen-bond donors (Lipinski definition) is 0. The van der Waals surface area contributed by atoms with Gasteiger partial charge in [0.25, 0.3) is 0 Å².